The molecule has 1 aliphatic rings. The Morgan fingerprint density at radius 2 is 1.75 bits per heavy atom. The fourth-order valence-electron chi connectivity index (χ4n) is 2.93. The first-order valence-electron chi connectivity index (χ1n) is 11.8. The summed E-state index contributed by atoms with van der Waals surface area (Å²) in [5.41, 5.74) is 13.8. The number of halogens is 1. The van der Waals surface area contributed by atoms with Crippen LogP contribution in [0.3, 0.4) is 0 Å². The van der Waals surface area contributed by atoms with Crippen molar-refractivity contribution in [2.24, 2.45) is 15.7 Å². The Morgan fingerprint density at radius 1 is 1.08 bits per heavy atom. The first-order chi connectivity index (χ1) is 16.9. The molecule has 0 saturated carbocycles. The van der Waals surface area contributed by atoms with Crippen molar-refractivity contribution in [2.45, 2.75) is 47.5 Å². The Kier molecular flexibility index (Phi) is 12.1. The third kappa shape index (κ3) is 9.02. The molecule has 1 aliphatic carbocycles. The number of aliphatic imine (C=N–C) groups is 2. The smallest absolute Gasteiger partial charge is 0.142 e. The molecule has 6 heteroatoms. The minimum Gasteiger partial charge on any atom is -0.397 e. The van der Waals surface area contributed by atoms with Crippen LogP contribution in [0.15, 0.2) is 129 Å². The highest BCUT2D eigenvalue weighted by molar-refractivity contribution is 6.00. The highest BCUT2D eigenvalue weighted by atomic mass is 19.1. The van der Waals surface area contributed by atoms with Crippen LogP contribution in [-0.2, 0) is 0 Å². The van der Waals surface area contributed by atoms with Crippen LogP contribution < -0.4 is 16.4 Å². The molecule has 0 saturated heterocycles. The molecule has 0 aromatic carbocycles. The number of nitrogens with one attached hydrogen (secondary N) is 2. The van der Waals surface area contributed by atoms with E-state index in [4.69, 9.17) is 5.73 Å². The lowest BCUT2D eigenvalue weighted by molar-refractivity contribution is 0.630. The fourth-order valence-corrected chi connectivity index (χ4v) is 2.93. The molecular formula is C30H40FN5. The summed E-state index contributed by atoms with van der Waals surface area (Å²) in [5.74, 6) is -0.400. The van der Waals surface area contributed by atoms with Crippen LogP contribution >= 0.6 is 0 Å². The lowest BCUT2D eigenvalue weighted by Crippen LogP contribution is -2.28. The number of nitrogens with zero attached hydrogens (tertiary/aromatic N) is 2. The van der Waals surface area contributed by atoms with Gasteiger partial charge in [0.15, 0.2) is 0 Å². The maximum atomic E-state index is 14.8. The normalized spacial score (nSPS) is 15.9. The van der Waals surface area contributed by atoms with E-state index in [1.807, 2.05) is 34.6 Å². The van der Waals surface area contributed by atoms with Gasteiger partial charge < -0.3 is 16.4 Å². The maximum Gasteiger partial charge on any atom is 0.142 e. The lowest BCUT2D eigenvalue weighted by Gasteiger charge is -2.28. The second-order valence-corrected chi connectivity index (χ2v) is 8.48. The van der Waals surface area contributed by atoms with Crippen molar-refractivity contribution in [3.63, 3.8) is 0 Å². The molecule has 0 amide bonds. The van der Waals surface area contributed by atoms with E-state index in [-0.39, 0.29) is 0 Å². The summed E-state index contributed by atoms with van der Waals surface area (Å²) in [7, 11) is 0. The molecule has 0 unspecified atom stereocenters. The number of nitrogens with two attached hydrogens (primary N) is 1. The summed E-state index contributed by atoms with van der Waals surface area (Å²) in [6.45, 7) is 29.8. The highest BCUT2D eigenvalue weighted by Crippen LogP contribution is 2.33. The van der Waals surface area contributed by atoms with Gasteiger partial charge in [0.25, 0.3) is 0 Å². The van der Waals surface area contributed by atoms with Gasteiger partial charge in [-0.3, -0.25) is 9.98 Å². The molecule has 36 heavy (non-hydrogen) atoms. The second kappa shape index (κ2) is 14.5. The zero-order chi connectivity index (χ0) is 27.4. The highest BCUT2D eigenvalue weighted by Gasteiger charge is 2.24. The summed E-state index contributed by atoms with van der Waals surface area (Å²) in [6.07, 6.45) is 9.50. The third-order valence-corrected chi connectivity index (χ3v) is 5.52. The average molecular weight is 490 g/mol. The van der Waals surface area contributed by atoms with Gasteiger partial charge in [-0.25, -0.2) is 4.39 Å². The molecule has 0 aromatic rings. The molecule has 0 aromatic heterocycles. The van der Waals surface area contributed by atoms with E-state index in [0.29, 0.717) is 58.9 Å². The van der Waals surface area contributed by atoms with Gasteiger partial charge in [0.2, 0.25) is 0 Å². The van der Waals surface area contributed by atoms with Crippen LogP contribution in [0, 0.1) is 0 Å². The number of hydrogen-bond donors (Lipinski definition) is 3. The van der Waals surface area contributed by atoms with E-state index in [1.54, 1.807) is 18.5 Å². The predicted octanol–water partition coefficient (Wildman–Crippen LogP) is 6.98. The molecule has 4 N–H and O–H groups in total. The molecular weight excluding hydrogens is 449 g/mol. The Hall–Kier alpha value is -3.93. The predicted molar refractivity (Wildman–Crippen MR) is 155 cm³/mol. The van der Waals surface area contributed by atoms with Crippen LogP contribution in [0.5, 0.6) is 0 Å². The fraction of sp³-hybridized carbons (Fsp3) is 0.267. The summed E-state index contributed by atoms with van der Waals surface area (Å²) >= 11 is 0. The Labute approximate surface area is 216 Å². The molecule has 0 bridgehead atoms. The first-order valence-corrected chi connectivity index (χ1v) is 11.8. The van der Waals surface area contributed by atoms with E-state index in [0.717, 1.165) is 22.6 Å². The Balaban J connectivity index is 2.91. The van der Waals surface area contributed by atoms with Gasteiger partial charge in [-0.15, -0.1) is 0 Å². The lowest BCUT2D eigenvalue weighted by atomic mass is 9.89. The molecule has 0 radical (unpaired) electrons. The monoisotopic (exact) mass is 489 g/mol. The summed E-state index contributed by atoms with van der Waals surface area (Å²) in [4.78, 5) is 8.79. The van der Waals surface area contributed by atoms with E-state index in [1.165, 1.54) is 6.08 Å². The second-order valence-electron chi connectivity index (χ2n) is 8.48. The quantitative estimate of drug-likeness (QED) is 0.182. The van der Waals surface area contributed by atoms with Crippen molar-refractivity contribution in [1.82, 2.24) is 10.6 Å². The van der Waals surface area contributed by atoms with Gasteiger partial charge in [0.05, 0.1) is 28.5 Å². The Bertz CT molecular complexity index is 1150. The first kappa shape index (κ1) is 30.1. The summed E-state index contributed by atoms with van der Waals surface area (Å²) in [6, 6.07) is 0. The van der Waals surface area contributed by atoms with Crippen LogP contribution in [0.25, 0.3) is 0 Å². The van der Waals surface area contributed by atoms with Crippen molar-refractivity contribution in [3.8, 4) is 0 Å². The molecule has 192 valence electrons. The van der Waals surface area contributed by atoms with Crippen molar-refractivity contribution in [2.75, 3.05) is 6.54 Å². The largest absolute Gasteiger partial charge is 0.397 e. The Morgan fingerprint density at radius 3 is 2.31 bits per heavy atom. The standard InChI is InChI=1S/C30H40FN5/c1-11-27(36-30-24(9)23(8)29(30)32)26(31)15-13-20(5)17-34-25(10)28(16-14-21(6)19(3)4)35-22(7)18-33-12-2/h12-15,18,34,36H,3,5,8-11,16-17,32H2,1-2,4,6-7H3/b15-13-,21-14+,22-18+,27-26-,33-12?,35-28?. The topological polar surface area (TPSA) is 74.8 Å². The van der Waals surface area contributed by atoms with E-state index < -0.39 is 5.83 Å². The third-order valence-electron chi connectivity index (χ3n) is 5.52. The molecule has 0 aliphatic heterocycles. The van der Waals surface area contributed by atoms with E-state index in [9.17, 15) is 4.39 Å². The van der Waals surface area contributed by atoms with Gasteiger partial charge in [0.1, 0.15) is 5.83 Å². The van der Waals surface area contributed by atoms with Gasteiger partial charge >= 0.3 is 0 Å². The average Bonchev–Trinajstić information content (AvgIpc) is 2.86. The van der Waals surface area contributed by atoms with Crippen molar-refractivity contribution in [3.05, 3.63) is 120 Å². The van der Waals surface area contributed by atoms with Gasteiger partial charge in [-0.1, -0.05) is 63.1 Å². The number of rotatable bonds is 14. The summed E-state index contributed by atoms with van der Waals surface area (Å²) in [5, 5.41) is 6.27. The number of allylic oxidation sites excluding steroid dienone is 10. The van der Waals surface area contributed by atoms with Gasteiger partial charge in [-0.05, 0) is 45.8 Å². The number of hydrogen-bond acceptors (Lipinski definition) is 5. The molecule has 5 nitrogen and oxygen atoms in total. The van der Waals surface area contributed by atoms with Crippen molar-refractivity contribution < 1.29 is 4.39 Å². The van der Waals surface area contributed by atoms with Crippen molar-refractivity contribution >= 4 is 11.9 Å². The molecule has 0 fully saturated rings. The molecule has 1 rings (SSSR count). The summed E-state index contributed by atoms with van der Waals surface area (Å²) < 4.78 is 14.8. The minimum atomic E-state index is -0.400. The molecule has 0 atom stereocenters. The van der Waals surface area contributed by atoms with Crippen LogP contribution in [-0.4, -0.2) is 18.5 Å². The zero-order valence-electron chi connectivity index (χ0n) is 22.4. The van der Waals surface area contributed by atoms with Crippen LogP contribution in [0.1, 0.15) is 47.5 Å². The molecule has 0 spiro atoms. The van der Waals surface area contributed by atoms with Crippen LogP contribution in [0.4, 0.5) is 4.39 Å². The molecule has 0 heterocycles. The van der Waals surface area contributed by atoms with Gasteiger partial charge in [0, 0.05) is 42.2 Å². The van der Waals surface area contributed by atoms with E-state index >= 15 is 0 Å². The minimum absolute atomic E-state index is 0.379. The zero-order valence-corrected chi connectivity index (χ0v) is 22.4. The SMILES string of the molecule is C=C(/C=C\C(F)=C(/CC)NC1=C(N)C(=C)C1=C)CNC(=C)C(C/C=C(\C)C(=C)C)=N/C(C)=C/N=CC. The van der Waals surface area contributed by atoms with Crippen molar-refractivity contribution in [1.29, 1.82) is 0 Å². The van der Waals surface area contributed by atoms with Gasteiger partial charge in [-0.2, -0.15) is 0 Å². The van der Waals surface area contributed by atoms with Crippen LogP contribution in [0.2, 0.25) is 0 Å². The van der Waals surface area contributed by atoms with E-state index in [2.05, 4.69) is 59.6 Å². The maximum absolute atomic E-state index is 14.8.